The summed E-state index contributed by atoms with van der Waals surface area (Å²) in [4.78, 5) is 24.9. The van der Waals surface area contributed by atoms with Crippen molar-refractivity contribution in [1.29, 1.82) is 0 Å². The number of fused-ring (bicyclic) bond motifs is 2. The molecule has 0 radical (unpaired) electrons. The van der Waals surface area contributed by atoms with Gasteiger partial charge < -0.3 is 10.0 Å². The Labute approximate surface area is 82.9 Å². The van der Waals surface area contributed by atoms with Gasteiger partial charge in [0.05, 0.1) is 12.0 Å². The average Bonchev–Trinajstić information content (AvgIpc) is 2.25. The molecule has 2 aliphatic rings. The van der Waals surface area contributed by atoms with E-state index in [0.29, 0.717) is 12.8 Å². The van der Waals surface area contributed by atoms with E-state index in [-0.39, 0.29) is 23.7 Å². The zero-order valence-electron chi connectivity index (χ0n) is 8.43. The molecule has 1 saturated carbocycles. The van der Waals surface area contributed by atoms with Gasteiger partial charge in [-0.3, -0.25) is 9.59 Å². The van der Waals surface area contributed by atoms with Crippen LogP contribution in [0, 0.1) is 5.92 Å². The summed E-state index contributed by atoms with van der Waals surface area (Å²) >= 11 is 0. The molecule has 1 unspecified atom stereocenters. The topological polar surface area (TPSA) is 57.6 Å². The van der Waals surface area contributed by atoms with Crippen molar-refractivity contribution in [2.24, 2.45) is 5.92 Å². The number of rotatable bonds is 1. The van der Waals surface area contributed by atoms with E-state index in [1.165, 1.54) is 0 Å². The maximum atomic E-state index is 11.8. The van der Waals surface area contributed by atoms with Crippen LogP contribution in [0.2, 0.25) is 0 Å². The summed E-state index contributed by atoms with van der Waals surface area (Å²) in [7, 11) is 0. The number of nitrogens with zero attached hydrogens (tertiary/aromatic N) is 1. The second kappa shape index (κ2) is 3.05. The molecule has 2 rings (SSSR count). The molecule has 1 aliphatic heterocycles. The molecule has 2 bridgehead atoms. The van der Waals surface area contributed by atoms with Crippen LogP contribution in [0.1, 0.15) is 26.7 Å². The van der Waals surface area contributed by atoms with Crippen LogP contribution < -0.4 is 0 Å². The van der Waals surface area contributed by atoms with Crippen LogP contribution in [-0.4, -0.2) is 39.9 Å². The number of likely N-dealkylation sites (tertiary alicyclic amines) is 1. The molecule has 2 fully saturated rings. The van der Waals surface area contributed by atoms with Crippen LogP contribution >= 0.6 is 0 Å². The van der Waals surface area contributed by atoms with E-state index < -0.39 is 12.1 Å². The van der Waals surface area contributed by atoms with Crippen LogP contribution in [0.5, 0.6) is 0 Å². The van der Waals surface area contributed by atoms with E-state index in [1.807, 2.05) is 13.8 Å². The van der Waals surface area contributed by atoms with Crippen molar-refractivity contribution >= 4 is 11.7 Å². The quantitative estimate of drug-likeness (QED) is 0.641. The molecule has 1 N–H and O–H groups in total. The summed E-state index contributed by atoms with van der Waals surface area (Å²) in [6, 6.07) is -0.574. The van der Waals surface area contributed by atoms with Crippen LogP contribution in [0.3, 0.4) is 0 Å². The Morgan fingerprint density at radius 2 is 2.07 bits per heavy atom. The van der Waals surface area contributed by atoms with Crippen LogP contribution in [-0.2, 0) is 9.59 Å². The van der Waals surface area contributed by atoms with Gasteiger partial charge in [0, 0.05) is 12.5 Å². The second-order valence-electron chi connectivity index (χ2n) is 4.39. The highest BCUT2D eigenvalue weighted by atomic mass is 16.3. The molecular formula is C10H15NO3. The third-order valence-electron chi connectivity index (χ3n) is 3.20. The number of aliphatic hydroxyl groups excluding tert-OH is 1. The van der Waals surface area contributed by atoms with Gasteiger partial charge in [-0.15, -0.1) is 0 Å². The molecule has 1 amide bonds. The largest absolute Gasteiger partial charge is 0.390 e. The number of aliphatic hydroxyl groups is 1. The number of Topliss-reactive ketones (excluding diaryl/α,β-unsaturated/α-hetero) is 1. The summed E-state index contributed by atoms with van der Waals surface area (Å²) in [6.45, 7) is 3.75. The van der Waals surface area contributed by atoms with E-state index >= 15 is 0 Å². The van der Waals surface area contributed by atoms with E-state index in [0.717, 1.165) is 0 Å². The number of hydrogen-bond donors (Lipinski definition) is 1. The van der Waals surface area contributed by atoms with Crippen molar-refractivity contribution in [3.63, 3.8) is 0 Å². The van der Waals surface area contributed by atoms with Crippen molar-refractivity contribution in [2.45, 2.75) is 44.9 Å². The highest BCUT2D eigenvalue weighted by Gasteiger charge is 2.53. The molecule has 4 heteroatoms. The van der Waals surface area contributed by atoms with Gasteiger partial charge in [0.2, 0.25) is 5.91 Å². The van der Waals surface area contributed by atoms with Crippen molar-refractivity contribution < 1.29 is 14.7 Å². The minimum atomic E-state index is -0.772. The monoisotopic (exact) mass is 197 g/mol. The molecule has 1 aliphatic carbocycles. The van der Waals surface area contributed by atoms with E-state index in [2.05, 4.69) is 0 Å². The van der Waals surface area contributed by atoms with Crippen LogP contribution in [0.15, 0.2) is 0 Å². The number of carbonyl (C=O) groups excluding carboxylic acids is 2. The molecule has 1 saturated heterocycles. The number of hydrogen-bond acceptors (Lipinski definition) is 3. The van der Waals surface area contributed by atoms with Crippen LogP contribution in [0.4, 0.5) is 0 Å². The average molecular weight is 197 g/mol. The lowest BCUT2D eigenvalue weighted by Gasteiger charge is -2.29. The van der Waals surface area contributed by atoms with Gasteiger partial charge in [-0.25, -0.2) is 0 Å². The SMILES string of the molecule is CC(C)N1C(=O)[C@H]2CCC(=O)[C@@H]1C2O. The fourth-order valence-corrected chi connectivity index (χ4v) is 2.52. The first-order valence-electron chi connectivity index (χ1n) is 5.07. The predicted molar refractivity (Wildman–Crippen MR) is 49.5 cm³/mol. The molecule has 0 aromatic heterocycles. The zero-order valence-corrected chi connectivity index (χ0v) is 8.43. The zero-order chi connectivity index (χ0) is 10.5. The van der Waals surface area contributed by atoms with Gasteiger partial charge in [-0.2, -0.15) is 0 Å². The molecule has 1 heterocycles. The first kappa shape index (κ1) is 9.65. The molecule has 4 nitrogen and oxygen atoms in total. The molecule has 3 atom stereocenters. The van der Waals surface area contributed by atoms with Crippen molar-refractivity contribution in [3.8, 4) is 0 Å². The van der Waals surface area contributed by atoms with Crippen LogP contribution in [0.25, 0.3) is 0 Å². The summed E-state index contributed by atoms with van der Waals surface area (Å²) in [5.74, 6) is -0.378. The molecule has 14 heavy (non-hydrogen) atoms. The molecule has 0 spiro atoms. The normalized spacial score (nSPS) is 37.1. The summed E-state index contributed by atoms with van der Waals surface area (Å²) in [6.07, 6.45) is 0.172. The van der Waals surface area contributed by atoms with Gasteiger partial charge in [0.1, 0.15) is 6.04 Å². The molecule has 78 valence electrons. The fourth-order valence-electron chi connectivity index (χ4n) is 2.52. The lowest BCUT2D eigenvalue weighted by molar-refractivity contribution is -0.136. The highest BCUT2D eigenvalue weighted by molar-refractivity contribution is 5.97. The van der Waals surface area contributed by atoms with Crippen molar-refractivity contribution in [2.75, 3.05) is 0 Å². The Kier molecular flexibility index (Phi) is 2.10. The lowest BCUT2D eigenvalue weighted by Crippen LogP contribution is -2.47. The van der Waals surface area contributed by atoms with E-state index in [4.69, 9.17) is 0 Å². The van der Waals surface area contributed by atoms with Gasteiger partial charge in [-0.05, 0) is 20.3 Å². The van der Waals surface area contributed by atoms with Gasteiger partial charge >= 0.3 is 0 Å². The Bertz CT molecular complexity index is 287. The fraction of sp³-hybridized carbons (Fsp3) is 0.800. The number of carbonyl (C=O) groups is 2. The standard InChI is InChI=1S/C10H15NO3/c1-5(2)11-8-7(12)4-3-6(9(8)13)10(11)14/h5-6,8-9,13H,3-4H2,1-2H3/t6-,8+,9?/m0/s1. The Balaban J connectivity index is 2.36. The summed E-state index contributed by atoms with van der Waals surface area (Å²) in [5.41, 5.74) is 0. The maximum absolute atomic E-state index is 11.8. The molecule has 0 aromatic carbocycles. The third kappa shape index (κ3) is 1.10. The summed E-state index contributed by atoms with van der Waals surface area (Å²) < 4.78 is 0. The van der Waals surface area contributed by atoms with Crippen molar-refractivity contribution in [1.82, 2.24) is 4.90 Å². The molecule has 0 aromatic rings. The minimum absolute atomic E-state index is 0.00537. The van der Waals surface area contributed by atoms with Gasteiger partial charge in [0.25, 0.3) is 0 Å². The number of amides is 1. The Morgan fingerprint density at radius 3 is 2.64 bits per heavy atom. The predicted octanol–water partition coefficient (Wildman–Crippen LogP) is -0.0544. The van der Waals surface area contributed by atoms with E-state index in [1.54, 1.807) is 4.90 Å². The van der Waals surface area contributed by atoms with Gasteiger partial charge in [0.15, 0.2) is 5.78 Å². The minimum Gasteiger partial charge on any atom is -0.390 e. The second-order valence-corrected chi connectivity index (χ2v) is 4.39. The Morgan fingerprint density at radius 1 is 1.43 bits per heavy atom. The van der Waals surface area contributed by atoms with Crippen molar-refractivity contribution in [3.05, 3.63) is 0 Å². The lowest BCUT2D eigenvalue weighted by atomic mass is 9.86. The maximum Gasteiger partial charge on any atom is 0.229 e. The van der Waals surface area contributed by atoms with Gasteiger partial charge in [-0.1, -0.05) is 0 Å². The Hall–Kier alpha value is -0.900. The highest BCUT2D eigenvalue weighted by Crippen LogP contribution is 2.36. The van der Waals surface area contributed by atoms with E-state index in [9.17, 15) is 14.7 Å². The third-order valence-corrected chi connectivity index (χ3v) is 3.20. The first-order valence-corrected chi connectivity index (χ1v) is 5.07. The summed E-state index contributed by atoms with van der Waals surface area (Å²) in [5, 5.41) is 9.79. The first-order chi connectivity index (χ1) is 6.54. The number of ketones is 1. The smallest absolute Gasteiger partial charge is 0.229 e. The molecular weight excluding hydrogens is 182 g/mol.